The maximum Gasteiger partial charge on any atom is 0.234 e. The third-order valence-electron chi connectivity index (χ3n) is 4.06. The predicted octanol–water partition coefficient (Wildman–Crippen LogP) is 4.13. The van der Waals surface area contributed by atoms with E-state index >= 15 is 0 Å². The second kappa shape index (κ2) is 9.45. The fourth-order valence-electron chi connectivity index (χ4n) is 2.54. The maximum atomic E-state index is 12.1. The van der Waals surface area contributed by atoms with Crippen molar-refractivity contribution in [3.05, 3.63) is 70.7 Å². The highest BCUT2D eigenvalue weighted by atomic mass is 35.5. The summed E-state index contributed by atoms with van der Waals surface area (Å²) in [6.45, 7) is 4.39. The van der Waals surface area contributed by atoms with E-state index in [0.29, 0.717) is 6.54 Å². The standard InChI is InChI=1S/C20H25ClN2O/c1-15(8-9-17-6-4-3-5-7-17)23-20(24)14-22-16(2)18-10-12-19(21)13-11-18/h3-7,10-13,15-16,22H,8-9,14H2,1-2H3,(H,23,24)/t15-,16+/m0/s1. The van der Waals surface area contributed by atoms with Crippen molar-refractivity contribution < 1.29 is 4.79 Å². The number of hydrogen-bond acceptors (Lipinski definition) is 2. The first-order chi connectivity index (χ1) is 11.5. The molecule has 128 valence electrons. The minimum absolute atomic E-state index is 0.0244. The lowest BCUT2D eigenvalue weighted by molar-refractivity contribution is -0.121. The summed E-state index contributed by atoms with van der Waals surface area (Å²) in [4.78, 5) is 12.1. The summed E-state index contributed by atoms with van der Waals surface area (Å²) < 4.78 is 0. The lowest BCUT2D eigenvalue weighted by atomic mass is 10.1. The highest BCUT2D eigenvalue weighted by Crippen LogP contribution is 2.15. The van der Waals surface area contributed by atoms with Crippen LogP contribution in [0.5, 0.6) is 0 Å². The van der Waals surface area contributed by atoms with Gasteiger partial charge in [0.25, 0.3) is 0 Å². The number of amides is 1. The molecule has 3 nitrogen and oxygen atoms in total. The van der Waals surface area contributed by atoms with Crippen LogP contribution < -0.4 is 10.6 Å². The quantitative estimate of drug-likeness (QED) is 0.756. The van der Waals surface area contributed by atoms with E-state index in [1.807, 2.05) is 56.3 Å². The lowest BCUT2D eigenvalue weighted by Gasteiger charge is -2.17. The molecule has 0 bridgehead atoms. The summed E-state index contributed by atoms with van der Waals surface area (Å²) in [6, 6.07) is 18.3. The Hall–Kier alpha value is -1.84. The van der Waals surface area contributed by atoms with E-state index in [-0.39, 0.29) is 18.0 Å². The van der Waals surface area contributed by atoms with Gasteiger partial charge in [-0.3, -0.25) is 4.79 Å². The molecular weight excluding hydrogens is 320 g/mol. The number of aryl methyl sites for hydroxylation is 1. The van der Waals surface area contributed by atoms with E-state index in [4.69, 9.17) is 11.6 Å². The van der Waals surface area contributed by atoms with Crippen LogP contribution in [-0.2, 0) is 11.2 Å². The largest absolute Gasteiger partial charge is 0.353 e. The molecule has 4 heteroatoms. The molecule has 0 heterocycles. The SMILES string of the molecule is C[C@@H](CCc1ccccc1)NC(=O)CN[C@H](C)c1ccc(Cl)cc1. The summed E-state index contributed by atoms with van der Waals surface area (Å²) in [7, 11) is 0. The number of benzene rings is 2. The Kier molecular flexibility index (Phi) is 7.29. The van der Waals surface area contributed by atoms with Gasteiger partial charge in [-0.2, -0.15) is 0 Å². The Labute approximate surface area is 149 Å². The second-order valence-electron chi connectivity index (χ2n) is 6.15. The van der Waals surface area contributed by atoms with Crippen molar-refractivity contribution in [2.24, 2.45) is 0 Å². The summed E-state index contributed by atoms with van der Waals surface area (Å²) in [5, 5.41) is 7.00. The third kappa shape index (κ3) is 6.34. The number of carbonyl (C=O) groups is 1. The van der Waals surface area contributed by atoms with Crippen LogP contribution >= 0.6 is 11.6 Å². The Morgan fingerprint density at radius 2 is 1.71 bits per heavy atom. The van der Waals surface area contributed by atoms with E-state index in [9.17, 15) is 4.79 Å². The van der Waals surface area contributed by atoms with Crippen molar-refractivity contribution in [3.8, 4) is 0 Å². The van der Waals surface area contributed by atoms with E-state index in [2.05, 4.69) is 22.8 Å². The van der Waals surface area contributed by atoms with Crippen molar-refractivity contribution in [1.29, 1.82) is 0 Å². The van der Waals surface area contributed by atoms with Crippen LogP contribution in [0.15, 0.2) is 54.6 Å². The molecule has 0 saturated heterocycles. The van der Waals surface area contributed by atoms with Gasteiger partial charge in [-0.15, -0.1) is 0 Å². The lowest BCUT2D eigenvalue weighted by Crippen LogP contribution is -2.39. The monoisotopic (exact) mass is 344 g/mol. The molecule has 0 unspecified atom stereocenters. The third-order valence-corrected chi connectivity index (χ3v) is 4.31. The van der Waals surface area contributed by atoms with Crippen molar-refractivity contribution in [2.45, 2.75) is 38.8 Å². The molecule has 0 aliphatic heterocycles. The van der Waals surface area contributed by atoms with Crippen LogP contribution in [0.3, 0.4) is 0 Å². The van der Waals surface area contributed by atoms with Crippen LogP contribution in [0.25, 0.3) is 0 Å². The summed E-state index contributed by atoms with van der Waals surface area (Å²) in [6.07, 6.45) is 1.90. The van der Waals surface area contributed by atoms with Gasteiger partial charge in [0.2, 0.25) is 5.91 Å². The van der Waals surface area contributed by atoms with Crippen molar-refractivity contribution in [3.63, 3.8) is 0 Å². The fraction of sp³-hybridized carbons (Fsp3) is 0.350. The number of carbonyl (C=O) groups excluding carboxylic acids is 1. The van der Waals surface area contributed by atoms with E-state index in [1.54, 1.807) is 0 Å². The highest BCUT2D eigenvalue weighted by molar-refractivity contribution is 6.30. The van der Waals surface area contributed by atoms with Gasteiger partial charge in [-0.25, -0.2) is 0 Å². The highest BCUT2D eigenvalue weighted by Gasteiger charge is 2.10. The normalized spacial score (nSPS) is 13.3. The van der Waals surface area contributed by atoms with Crippen LogP contribution in [-0.4, -0.2) is 18.5 Å². The first kappa shape index (κ1) is 18.5. The molecule has 2 aromatic carbocycles. The van der Waals surface area contributed by atoms with E-state index in [1.165, 1.54) is 5.56 Å². The summed E-state index contributed by atoms with van der Waals surface area (Å²) in [5.74, 6) is 0.0244. The zero-order valence-corrected chi connectivity index (χ0v) is 15.0. The van der Waals surface area contributed by atoms with Gasteiger partial charge in [0.15, 0.2) is 0 Å². The van der Waals surface area contributed by atoms with Crippen molar-refractivity contribution in [2.75, 3.05) is 6.54 Å². The minimum atomic E-state index is 0.0244. The topological polar surface area (TPSA) is 41.1 Å². The average Bonchev–Trinajstić information content (AvgIpc) is 2.59. The Balaban J connectivity index is 1.69. The molecule has 2 atom stereocenters. The van der Waals surface area contributed by atoms with Crippen LogP contribution in [0.2, 0.25) is 5.02 Å². The molecular formula is C20H25ClN2O. The molecule has 2 N–H and O–H groups in total. The zero-order valence-electron chi connectivity index (χ0n) is 14.3. The Bertz CT molecular complexity index is 628. The molecule has 0 spiro atoms. The average molecular weight is 345 g/mol. The minimum Gasteiger partial charge on any atom is -0.353 e. The van der Waals surface area contributed by atoms with Gasteiger partial charge in [0.05, 0.1) is 6.54 Å². The fourth-order valence-corrected chi connectivity index (χ4v) is 2.67. The molecule has 1 amide bonds. The summed E-state index contributed by atoms with van der Waals surface area (Å²) in [5.41, 5.74) is 2.41. The molecule has 0 radical (unpaired) electrons. The van der Waals surface area contributed by atoms with Crippen LogP contribution in [0.4, 0.5) is 0 Å². The second-order valence-corrected chi connectivity index (χ2v) is 6.58. The maximum absolute atomic E-state index is 12.1. The molecule has 0 aliphatic carbocycles. The molecule has 2 aromatic rings. The van der Waals surface area contributed by atoms with Crippen molar-refractivity contribution in [1.82, 2.24) is 10.6 Å². The first-order valence-electron chi connectivity index (χ1n) is 8.36. The van der Waals surface area contributed by atoms with Crippen LogP contribution in [0.1, 0.15) is 37.4 Å². The van der Waals surface area contributed by atoms with Gasteiger partial charge in [-0.05, 0) is 49.9 Å². The molecule has 0 saturated carbocycles. The molecule has 2 rings (SSSR count). The number of halogens is 1. The van der Waals surface area contributed by atoms with E-state index < -0.39 is 0 Å². The van der Waals surface area contributed by atoms with Crippen molar-refractivity contribution >= 4 is 17.5 Å². The van der Waals surface area contributed by atoms with Gasteiger partial charge < -0.3 is 10.6 Å². The van der Waals surface area contributed by atoms with Crippen LogP contribution in [0, 0.1) is 0 Å². The molecule has 24 heavy (non-hydrogen) atoms. The van der Waals surface area contributed by atoms with Gasteiger partial charge in [0.1, 0.15) is 0 Å². The summed E-state index contributed by atoms with van der Waals surface area (Å²) >= 11 is 5.89. The smallest absolute Gasteiger partial charge is 0.234 e. The Morgan fingerprint density at radius 3 is 2.38 bits per heavy atom. The van der Waals surface area contributed by atoms with Gasteiger partial charge in [-0.1, -0.05) is 54.1 Å². The zero-order chi connectivity index (χ0) is 17.4. The van der Waals surface area contributed by atoms with E-state index in [0.717, 1.165) is 23.4 Å². The van der Waals surface area contributed by atoms with Gasteiger partial charge >= 0.3 is 0 Å². The first-order valence-corrected chi connectivity index (χ1v) is 8.74. The number of hydrogen-bond donors (Lipinski definition) is 2. The van der Waals surface area contributed by atoms with Gasteiger partial charge in [0, 0.05) is 17.1 Å². The Morgan fingerprint density at radius 1 is 1.04 bits per heavy atom. The number of rotatable bonds is 8. The predicted molar refractivity (Wildman–Crippen MR) is 100 cm³/mol. The molecule has 0 aliphatic rings. The molecule has 0 fully saturated rings. The molecule has 0 aromatic heterocycles. The number of nitrogens with one attached hydrogen (secondary N) is 2.